The standard InChI is InChI=1S/C19H24O3/c1-19-9-8-14-13-4-3-12(18(21)22)10-11(13)2-5-15(14)16(19)6-7-17(19)20/h3-4,10,14-17,20H,2,5-9H2,1H3,(H,21,22)/t14?,15?,16?,17-,19-/m0/s1. The molecular formula is C19H24O3. The third kappa shape index (κ3) is 1.88. The summed E-state index contributed by atoms with van der Waals surface area (Å²) in [6, 6.07) is 5.70. The van der Waals surface area contributed by atoms with Crippen molar-refractivity contribution < 1.29 is 15.0 Å². The largest absolute Gasteiger partial charge is 0.478 e. The minimum atomic E-state index is -0.833. The monoisotopic (exact) mass is 300 g/mol. The van der Waals surface area contributed by atoms with E-state index in [4.69, 9.17) is 0 Å². The molecule has 0 amide bonds. The Bertz CT molecular complexity index is 623. The highest BCUT2D eigenvalue weighted by Gasteiger charge is 2.54. The molecule has 0 saturated heterocycles. The van der Waals surface area contributed by atoms with Crippen molar-refractivity contribution in [1.82, 2.24) is 0 Å². The Labute approximate surface area is 131 Å². The zero-order chi connectivity index (χ0) is 15.5. The molecule has 0 aromatic heterocycles. The number of aliphatic hydroxyl groups excluding tert-OH is 1. The molecular weight excluding hydrogens is 276 g/mol. The Balaban J connectivity index is 1.69. The second-order valence-electron chi connectivity index (χ2n) is 7.77. The highest BCUT2D eigenvalue weighted by atomic mass is 16.4. The molecule has 3 nitrogen and oxygen atoms in total. The van der Waals surface area contributed by atoms with Gasteiger partial charge in [0.2, 0.25) is 0 Å². The molecule has 0 bridgehead atoms. The van der Waals surface area contributed by atoms with E-state index in [-0.39, 0.29) is 11.5 Å². The number of benzene rings is 1. The first kappa shape index (κ1) is 14.3. The van der Waals surface area contributed by atoms with Crippen LogP contribution >= 0.6 is 0 Å². The van der Waals surface area contributed by atoms with Crippen LogP contribution in [0.5, 0.6) is 0 Å². The summed E-state index contributed by atoms with van der Waals surface area (Å²) in [6.45, 7) is 2.29. The summed E-state index contributed by atoms with van der Waals surface area (Å²) in [5.74, 6) is 1.03. The zero-order valence-electron chi connectivity index (χ0n) is 13.1. The predicted molar refractivity (Wildman–Crippen MR) is 84.0 cm³/mol. The third-order valence-corrected chi connectivity index (χ3v) is 6.92. The smallest absolute Gasteiger partial charge is 0.335 e. The van der Waals surface area contributed by atoms with Crippen LogP contribution in [0.25, 0.3) is 0 Å². The first-order valence-corrected chi connectivity index (χ1v) is 8.55. The lowest BCUT2D eigenvalue weighted by Crippen LogP contribution is -2.43. The Morgan fingerprint density at radius 1 is 1.23 bits per heavy atom. The van der Waals surface area contributed by atoms with Crippen LogP contribution in [-0.4, -0.2) is 22.3 Å². The summed E-state index contributed by atoms with van der Waals surface area (Å²) in [7, 11) is 0. The summed E-state index contributed by atoms with van der Waals surface area (Å²) in [4.78, 5) is 11.2. The molecule has 3 unspecified atom stereocenters. The molecule has 0 radical (unpaired) electrons. The van der Waals surface area contributed by atoms with Gasteiger partial charge in [0.1, 0.15) is 0 Å². The van der Waals surface area contributed by atoms with Crippen LogP contribution in [0.2, 0.25) is 0 Å². The van der Waals surface area contributed by atoms with Gasteiger partial charge >= 0.3 is 5.97 Å². The van der Waals surface area contributed by atoms with Crippen molar-refractivity contribution in [3.05, 3.63) is 34.9 Å². The van der Waals surface area contributed by atoms with Crippen molar-refractivity contribution in [3.63, 3.8) is 0 Å². The van der Waals surface area contributed by atoms with Gasteiger partial charge in [-0.2, -0.15) is 0 Å². The average Bonchev–Trinajstić information content (AvgIpc) is 2.82. The van der Waals surface area contributed by atoms with E-state index in [9.17, 15) is 15.0 Å². The van der Waals surface area contributed by atoms with Gasteiger partial charge in [0, 0.05) is 0 Å². The number of carbonyl (C=O) groups is 1. The van der Waals surface area contributed by atoms with Crippen LogP contribution in [-0.2, 0) is 6.42 Å². The topological polar surface area (TPSA) is 57.5 Å². The fourth-order valence-corrected chi connectivity index (χ4v) is 5.69. The molecule has 2 fully saturated rings. The molecule has 5 atom stereocenters. The average molecular weight is 300 g/mol. The molecule has 2 saturated carbocycles. The lowest BCUT2D eigenvalue weighted by Gasteiger charge is -2.50. The van der Waals surface area contributed by atoms with E-state index in [0.717, 1.165) is 38.5 Å². The maximum atomic E-state index is 11.2. The number of carboxylic acids is 1. The van der Waals surface area contributed by atoms with Gasteiger partial charge in [-0.05, 0) is 85.0 Å². The van der Waals surface area contributed by atoms with Gasteiger partial charge < -0.3 is 10.2 Å². The van der Waals surface area contributed by atoms with Crippen LogP contribution in [0, 0.1) is 17.3 Å². The molecule has 3 heteroatoms. The predicted octanol–water partition coefficient (Wildman–Crippen LogP) is 3.60. The van der Waals surface area contributed by atoms with E-state index >= 15 is 0 Å². The van der Waals surface area contributed by atoms with Gasteiger partial charge in [-0.25, -0.2) is 4.79 Å². The SMILES string of the molecule is C[C@]12CCC3c4ccc(C(=O)O)cc4CCC3C1CC[C@@H]2O. The summed E-state index contributed by atoms with van der Waals surface area (Å²) in [6.07, 6.45) is 6.34. The molecule has 0 heterocycles. The van der Waals surface area contributed by atoms with Crippen molar-refractivity contribution in [3.8, 4) is 0 Å². The van der Waals surface area contributed by atoms with Crippen LogP contribution in [0.15, 0.2) is 18.2 Å². The molecule has 3 aliphatic rings. The van der Waals surface area contributed by atoms with Crippen molar-refractivity contribution >= 4 is 5.97 Å². The number of hydrogen-bond acceptors (Lipinski definition) is 2. The Hall–Kier alpha value is -1.35. The number of aromatic carboxylic acids is 1. The van der Waals surface area contributed by atoms with Gasteiger partial charge in [0.25, 0.3) is 0 Å². The summed E-state index contributed by atoms with van der Waals surface area (Å²) < 4.78 is 0. The zero-order valence-corrected chi connectivity index (χ0v) is 13.1. The van der Waals surface area contributed by atoms with Crippen molar-refractivity contribution in [2.75, 3.05) is 0 Å². The van der Waals surface area contributed by atoms with E-state index in [2.05, 4.69) is 13.0 Å². The van der Waals surface area contributed by atoms with Gasteiger partial charge in [-0.1, -0.05) is 13.0 Å². The summed E-state index contributed by atoms with van der Waals surface area (Å²) >= 11 is 0. The first-order chi connectivity index (χ1) is 10.5. The molecule has 2 N–H and O–H groups in total. The maximum absolute atomic E-state index is 11.2. The molecule has 1 aromatic carbocycles. The fraction of sp³-hybridized carbons (Fsp3) is 0.632. The van der Waals surface area contributed by atoms with E-state index in [0.29, 0.717) is 23.3 Å². The normalized spacial score (nSPS) is 39.7. The van der Waals surface area contributed by atoms with Crippen molar-refractivity contribution in [2.24, 2.45) is 17.3 Å². The summed E-state index contributed by atoms with van der Waals surface area (Å²) in [5.41, 5.74) is 3.14. The molecule has 3 aliphatic carbocycles. The van der Waals surface area contributed by atoms with E-state index < -0.39 is 5.97 Å². The van der Waals surface area contributed by atoms with Gasteiger partial charge in [0.05, 0.1) is 11.7 Å². The molecule has 1 aromatic rings. The number of aliphatic hydroxyl groups is 1. The van der Waals surface area contributed by atoms with Gasteiger partial charge in [0.15, 0.2) is 0 Å². The van der Waals surface area contributed by atoms with Crippen molar-refractivity contribution in [2.45, 2.75) is 57.5 Å². The van der Waals surface area contributed by atoms with Crippen LogP contribution in [0.1, 0.15) is 66.4 Å². The number of rotatable bonds is 1. The minimum Gasteiger partial charge on any atom is -0.478 e. The molecule has 22 heavy (non-hydrogen) atoms. The van der Waals surface area contributed by atoms with E-state index in [1.807, 2.05) is 6.07 Å². The van der Waals surface area contributed by atoms with Crippen LogP contribution < -0.4 is 0 Å². The maximum Gasteiger partial charge on any atom is 0.335 e. The number of carboxylic acid groups (broad SMARTS) is 1. The fourth-order valence-electron chi connectivity index (χ4n) is 5.69. The minimum absolute atomic E-state index is 0.111. The first-order valence-electron chi connectivity index (χ1n) is 8.55. The molecule has 0 spiro atoms. The number of fused-ring (bicyclic) bond motifs is 5. The van der Waals surface area contributed by atoms with Gasteiger partial charge in [-0.3, -0.25) is 0 Å². The Morgan fingerprint density at radius 2 is 2.05 bits per heavy atom. The van der Waals surface area contributed by atoms with Crippen molar-refractivity contribution in [1.29, 1.82) is 0 Å². The van der Waals surface area contributed by atoms with Crippen LogP contribution in [0.4, 0.5) is 0 Å². The van der Waals surface area contributed by atoms with Gasteiger partial charge in [-0.15, -0.1) is 0 Å². The van der Waals surface area contributed by atoms with E-state index in [1.54, 1.807) is 6.07 Å². The lowest BCUT2D eigenvalue weighted by molar-refractivity contribution is -0.0226. The second-order valence-corrected chi connectivity index (χ2v) is 7.77. The Morgan fingerprint density at radius 3 is 2.82 bits per heavy atom. The number of aryl methyl sites for hydroxylation is 1. The third-order valence-electron chi connectivity index (χ3n) is 6.92. The second kappa shape index (κ2) is 4.82. The lowest BCUT2D eigenvalue weighted by atomic mass is 9.55. The summed E-state index contributed by atoms with van der Waals surface area (Å²) in [5, 5.41) is 19.6. The molecule has 0 aliphatic heterocycles. The van der Waals surface area contributed by atoms with Crippen LogP contribution in [0.3, 0.4) is 0 Å². The Kier molecular flexibility index (Phi) is 3.12. The quantitative estimate of drug-likeness (QED) is 0.833. The highest BCUT2D eigenvalue weighted by Crippen LogP contribution is 2.60. The molecule has 4 rings (SSSR count). The number of hydrogen-bond donors (Lipinski definition) is 2. The van der Waals surface area contributed by atoms with E-state index in [1.165, 1.54) is 11.1 Å². The molecule has 118 valence electrons. The highest BCUT2D eigenvalue weighted by molar-refractivity contribution is 5.88.